The molecule has 0 amide bonds. The number of benzene rings is 1. The fraction of sp³-hybridized carbons (Fsp3) is 0.100. The zero-order chi connectivity index (χ0) is 8.10. The van der Waals surface area contributed by atoms with Gasteiger partial charge >= 0.3 is 0 Å². The molecule has 12 heavy (non-hydrogen) atoms. The monoisotopic (exact) mass is 234 g/mol. The maximum absolute atomic E-state index is 11.1. The van der Waals surface area contributed by atoms with Crippen LogP contribution < -0.4 is 0 Å². The van der Waals surface area contributed by atoms with Gasteiger partial charge in [-0.3, -0.25) is 0 Å². The molecule has 1 radical (unpaired) electrons. The van der Waals surface area contributed by atoms with Crippen molar-refractivity contribution in [2.75, 3.05) is 0 Å². The molecule has 1 rings (SSSR count). The van der Waals surface area contributed by atoms with Crippen LogP contribution in [0.15, 0.2) is 24.3 Å². The molecule has 0 bridgehead atoms. The van der Waals surface area contributed by atoms with E-state index >= 15 is 0 Å². The molecule has 59 valence electrons. The molecule has 0 N–H and O–H groups in total. The second-order valence-corrected chi connectivity index (χ2v) is 2.19. The third-order valence-electron chi connectivity index (χ3n) is 1.34. The van der Waals surface area contributed by atoms with Crippen LogP contribution >= 0.6 is 0 Å². The molecule has 0 fully saturated rings. The second-order valence-electron chi connectivity index (χ2n) is 2.19. The van der Waals surface area contributed by atoms with Crippen molar-refractivity contribution in [1.82, 2.24) is 0 Å². The van der Waals surface area contributed by atoms with Crippen molar-refractivity contribution in [2.45, 2.75) is 6.42 Å². The zero-order valence-corrected chi connectivity index (χ0v) is 9.62. The number of hydrogen-bond acceptors (Lipinski definition) is 1. The topological polar surface area (TPSA) is 17.1 Å². The molecule has 0 saturated carbocycles. The third-order valence-corrected chi connectivity index (χ3v) is 1.34. The Balaban J connectivity index is 0.00000121. The summed E-state index contributed by atoms with van der Waals surface area (Å²) in [4.78, 5) is 11.1. The number of ketones is 1. The van der Waals surface area contributed by atoms with Crippen LogP contribution in [0.25, 0.3) is 0 Å². The summed E-state index contributed by atoms with van der Waals surface area (Å²) in [7, 11) is 0. The van der Waals surface area contributed by atoms with E-state index in [4.69, 9.17) is 0 Å². The Kier molecular flexibility index (Phi) is 6.32. The summed E-state index contributed by atoms with van der Waals surface area (Å²) < 4.78 is 0. The first kappa shape index (κ1) is 11.9. The van der Waals surface area contributed by atoms with E-state index in [1.807, 2.05) is 12.1 Å². The van der Waals surface area contributed by atoms with Crippen molar-refractivity contribution in [3.63, 3.8) is 0 Å². The molecule has 0 aromatic heterocycles. The molecule has 0 aliphatic carbocycles. The van der Waals surface area contributed by atoms with E-state index < -0.39 is 0 Å². The van der Waals surface area contributed by atoms with Gasteiger partial charge in [-0.25, -0.2) is 0 Å². The Bertz CT molecular complexity index is 231. The molecule has 1 aromatic rings. The standard InChI is InChI=1S/C10H9O.Y/c1-2-6-10(11)9-7-4-3-5-8-9;/h2-5,7H,1,6H2;/q-1;. The van der Waals surface area contributed by atoms with Gasteiger partial charge in [0.2, 0.25) is 0 Å². The average molecular weight is 234 g/mol. The minimum absolute atomic E-state index is 0. The molecule has 2 heteroatoms. The number of Topliss-reactive ketones (excluding diaryl/α,β-unsaturated/α-hetero) is 1. The Morgan fingerprint density at radius 2 is 2.33 bits per heavy atom. The minimum atomic E-state index is 0. The Morgan fingerprint density at radius 3 is 2.83 bits per heavy atom. The van der Waals surface area contributed by atoms with Crippen LogP contribution in [0, 0.1) is 19.4 Å². The van der Waals surface area contributed by atoms with Gasteiger partial charge in [0.1, 0.15) is 0 Å². The second kappa shape index (κ2) is 6.39. The van der Waals surface area contributed by atoms with Gasteiger partial charge < -0.3 is 4.79 Å². The molecule has 0 heterocycles. The normalized spacial score (nSPS) is 8.67. The number of hydrogen-bond donors (Lipinski definition) is 0. The van der Waals surface area contributed by atoms with Gasteiger partial charge in [-0.1, -0.05) is 6.92 Å². The van der Waals surface area contributed by atoms with Crippen molar-refractivity contribution in [3.05, 3.63) is 49.2 Å². The van der Waals surface area contributed by atoms with Crippen LogP contribution in [0.1, 0.15) is 16.8 Å². The van der Waals surface area contributed by atoms with E-state index in [2.05, 4.69) is 13.0 Å². The van der Waals surface area contributed by atoms with Crippen LogP contribution in [0.5, 0.6) is 0 Å². The maximum atomic E-state index is 11.1. The summed E-state index contributed by atoms with van der Waals surface area (Å²) in [5.74, 6) is 0.0700. The molecule has 0 aliphatic heterocycles. The molecule has 1 nitrogen and oxygen atoms in total. The Hall–Kier alpha value is -0.136. The molecular formula is C10H9OY-. The number of carbonyl (C=O) groups is 1. The van der Waals surface area contributed by atoms with E-state index in [1.54, 1.807) is 18.6 Å². The van der Waals surface area contributed by atoms with E-state index in [1.165, 1.54) is 0 Å². The quantitative estimate of drug-likeness (QED) is 0.578. The van der Waals surface area contributed by atoms with E-state index in [0.29, 0.717) is 12.0 Å². The molecule has 0 saturated heterocycles. The van der Waals surface area contributed by atoms with Crippen LogP contribution in [0.2, 0.25) is 0 Å². The van der Waals surface area contributed by atoms with Crippen molar-refractivity contribution >= 4 is 5.78 Å². The van der Waals surface area contributed by atoms with Gasteiger partial charge in [-0.05, 0) is 0 Å². The van der Waals surface area contributed by atoms with Gasteiger partial charge in [0.05, 0.1) is 5.78 Å². The van der Waals surface area contributed by atoms with Crippen LogP contribution in [0.3, 0.4) is 0 Å². The Morgan fingerprint density at radius 1 is 1.58 bits per heavy atom. The summed E-state index contributed by atoms with van der Waals surface area (Å²) >= 11 is 0. The van der Waals surface area contributed by atoms with E-state index in [9.17, 15) is 4.79 Å². The molecule has 1 aromatic carbocycles. The maximum Gasteiger partial charge on any atom is 0.0530 e. The molecule has 0 aliphatic rings. The summed E-state index contributed by atoms with van der Waals surface area (Å²) in [5, 5.41) is 0. The Labute approximate surface area is 98.4 Å². The first-order valence-electron chi connectivity index (χ1n) is 3.45. The third kappa shape index (κ3) is 3.51. The smallest absolute Gasteiger partial charge is 0.0530 e. The summed E-state index contributed by atoms with van der Waals surface area (Å²) in [6.07, 6.45) is 1.99. The fourth-order valence-electron chi connectivity index (χ4n) is 0.808. The predicted octanol–water partition coefficient (Wildman–Crippen LogP) is 2.10. The number of rotatable bonds is 3. The van der Waals surface area contributed by atoms with Gasteiger partial charge in [-0.15, -0.1) is 48.7 Å². The molecule has 0 atom stereocenters. The molecular weight excluding hydrogens is 225 g/mol. The van der Waals surface area contributed by atoms with Crippen LogP contribution in [-0.2, 0) is 32.7 Å². The van der Waals surface area contributed by atoms with Gasteiger partial charge in [0, 0.05) is 32.7 Å². The summed E-state index contributed by atoms with van der Waals surface area (Å²) in [6.45, 7) is 3.49. The largest absolute Gasteiger partial charge is 0.354 e. The molecule has 0 unspecified atom stereocenters. The summed E-state index contributed by atoms with van der Waals surface area (Å²) in [6, 6.07) is 10.0. The minimum Gasteiger partial charge on any atom is -0.354 e. The predicted molar refractivity (Wildman–Crippen MR) is 43.9 cm³/mol. The SMILES string of the molecule is [CH2+][CH-]CC(=O)c1[c-]cccc1.[Y]. The van der Waals surface area contributed by atoms with Crippen molar-refractivity contribution in [2.24, 2.45) is 0 Å². The van der Waals surface area contributed by atoms with Crippen molar-refractivity contribution in [1.29, 1.82) is 0 Å². The zero-order valence-electron chi connectivity index (χ0n) is 6.79. The van der Waals surface area contributed by atoms with Gasteiger partial charge in [0.15, 0.2) is 0 Å². The fourth-order valence-corrected chi connectivity index (χ4v) is 0.808. The average Bonchev–Trinajstić information content (AvgIpc) is 2.07. The first-order chi connectivity index (χ1) is 5.34. The van der Waals surface area contributed by atoms with Gasteiger partial charge in [0.25, 0.3) is 0 Å². The van der Waals surface area contributed by atoms with Crippen LogP contribution in [-0.4, -0.2) is 5.78 Å². The molecule has 0 spiro atoms. The van der Waals surface area contributed by atoms with E-state index in [-0.39, 0.29) is 38.5 Å². The van der Waals surface area contributed by atoms with Crippen molar-refractivity contribution in [3.8, 4) is 0 Å². The van der Waals surface area contributed by atoms with Crippen molar-refractivity contribution < 1.29 is 37.5 Å². The number of carbonyl (C=O) groups excluding carboxylic acids is 1. The summed E-state index contributed by atoms with van der Waals surface area (Å²) in [5.41, 5.74) is 0.632. The van der Waals surface area contributed by atoms with Gasteiger partial charge in [-0.2, -0.15) is 0 Å². The van der Waals surface area contributed by atoms with Crippen LogP contribution in [0.4, 0.5) is 0 Å². The van der Waals surface area contributed by atoms with E-state index in [0.717, 1.165) is 0 Å². The first-order valence-corrected chi connectivity index (χ1v) is 3.45.